The summed E-state index contributed by atoms with van der Waals surface area (Å²) >= 11 is 7.21. The Hall–Kier alpha value is -0.140. The van der Waals surface area contributed by atoms with E-state index in [4.69, 9.17) is 11.6 Å². The predicted octanol–water partition coefficient (Wildman–Crippen LogP) is 3.32. The summed E-state index contributed by atoms with van der Waals surface area (Å²) in [5.41, 5.74) is 2.90. The minimum Gasteiger partial charge on any atom is -0.130 e. The smallest absolute Gasteiger partial charge is 0.0158 e. The van der Waals surface area contributed by atoms with Crippen LogP contribution in [0.15, 0.2) is 34.7 Å². The lowest BCUT2D eigenvalue weighted by molar-refractivity contribution is 1.29. The Labute approximate surface area is 70.6 Å². The predicted molar refractivity (Wildman–Crippen MR) is 49.3 cm³/mol. The molecule has 1 aliphatic heterocycles. The minimum absolute atomic E-state index is 0.951. The average Bonchev–Trinajstić information content (AvgIpc) is 2.03. The molecule has 0 aromatic rings. The van der Waals surface area contributed by atoms with Crippen molar-refractivity contribution in [2.24, 2.45) is 0 Å². The van der Waals surface area contributed by atoms with Gasteiger partial charge in [0.2, 0.25) is 0 Å². The molecule has 0 nitrogen and oxygen atoms in total. The Balaban J connectivity index is 2.40. The lowest BCUT2D eigenvalue weighted by Crippen LogP contribution is -1.81. The number of hydrogen-bond acceptors (Lipinski definition) is 1. The van der Waals surface area contributed by atoms with Crippen molar-refractivity contribution in [3.05, 3.63) is 34.7 Å². The summed E-state index contributed by atoms with van der Waals surface area (Å²) in [7, 11) is 0. The van der Waals surface area contributed by atoms with E-state index in [2.05, 4.69) is 17.6 Å². The Bertz CT molecular complexity index is 180. The van der Waals surface area contributed by atoms with Gasteiger partial charge in [0.25, 0.3) is 0 Å². The largest absolute Gasteiger partial charge is 0.130 e. The first kappa shape index (κ1) is 7.96. The van der Waals surface area contributed by atoms with Crippen molar-refractivity contribution in [1.82, 2.24) is 0 Å². The van der Waals surface area contributed by atoms with Crippen molar-refractivity contribution in [2.45, 2.75) is 6.42 Å². The fourth-order valence-electron chi connectivity index (χ4n) is 0.746. The molecule has 54 valence electrons. The van der Waals surface area contributed by atoms with Crippen LogP contribution in [0.25, 0.3) is 0 Å². The third-order valence-electron chi connectivity index (χ3n) is 1.20. The third-order valence-corrected chi connectivity index (χ3v) is 2.23. The second kappa shape index (κ2) is 4.64. The van der Waals surface area contributed by atoms with Gasteiger partial charge in [-0.05, 0) is 17.4 Å². The molecule has 2 heteroatoms. The van der Waals surface area contributed by atoms with Gasteiger partial charge in [0.1, 0.15) is 0 Å². The quantitative estimate of drug-likeness (QED) is 0.616. The van der Waals surface area contributed by atoms with Gasteiger partial charge in [-0.3, -0.25) is 0 Å². The van der Waals surface area contributed by atoms with E-state index in [9.17, 15) is 0 Å². The zero-order chi connectivity index (χ0) is 7.23. The molecule has 0 atom stereocenters. The van der Waals surface area contributed by atoms with Crippen molar-refractivity contribution in [3.8, 4) is 0 Å². The van der Waals surface area contributed by atoms with Crippen LogP contribution in [0.3, 0.4) is 0 Å². The SMILES string of the molecule is Cl/C=C/CC1=CSCC=C1. The first-order valence-corrected chi connectivity index (χ1v) is 4.64. The summed E-state index contributed by atoms with van der Waals surface area (Å²) in [4.78, 5) is 0. The van der Waals surface area contributed by atoms with Crippen LogP contribution in [-0.4, -0.2) is 5.75 Å². The summed E-state index contributed by atoms with van der Waals surface area (Å²) < 4.78 is 0. The van der Waals surface area contributed by atoms with Crippen LogP contribution in [0.5, 0.6) is 0 Å². The van der Waals surface area contributed by atoms with Crippen molar-refractivity contribution >= 4 is 23.4 Å². The maximum absolute atomic E-state index is 5.38. The number of thioether (sulfide) groups is 1. The molecule has 1 heterocycles. The maximum Gasteiger partial charge on any atom is 0.0158 e. The van der Waals surface area contributed by atoms with E-state index in [-0.39, 0.29) is 0 Å². The molecule has 0 aromatic heterocycles. The number of rotatable bonds is 2. The standard InChI is InChI=1S/C8H9ClS/c9-5-1-3-8-4-2-6-10-7-8/h1-2,4-5,7H,3,6H2/b5-1+. The maximum atomic E-state index is 5.38. The van der Waals surface area contributed by atoms with Gasteiger partial charge in [-0.1, -0.05) is 29.8 Å². The molecule has 0 radical (unpaired) electrons. The fraction of sp³-hybridized carbons (Fsp3) is 0.250. The van der Waals surface area contributed by atoms with Gasteiger partial charge in [0, 0.05) is 11.3 Å². The Kier molecular flexibility index (Phi) is 3.69. The summed E-state index contributed by atoms with van der Waals surface area (Å²) in [6.07, 6.45) is 7.21. The molecule has 0 unspecified atom stereocenters. The Morgan fingerprint density at radius 1 is 1.70 bits per heavy atom. The number of halogens is 1. The van der Waals surface area contributed by atoms with Crippen molar-refractivity contribution in [1.29, 1.82) is 0 Å². The topological polar surface area (TPSA) is 0 Å². The summed E-state index contributed by atoms with van der Waals surface area (Å²) in [5, 5.41) is 2.18. The third kappa shape index (κ3) is 2.63. The molecular weight excluding hydrogens is 164 g/mol. The van der Waals surface area contributed by atoms with E-state index >= 15 is 0 Å². The lowest BCUT2D eigenvalue weighted by Gasteiger charge is -2.01. The molecule has 0 fully saturated rings. The molecule has 10 heavy (non-hydrogen) atoms. The average molecular weight is 173 g/mol. The summed E-state index contributed by atoms with van der Waals surface area (Å²) in [5.74, 6) is 1.11. The zero-order valence-electron chi connectivity index (χ0n) is 5.59. The van der Waals surface area contributed by atoms with Gasteiger partial charge in [0.15, 0.2) is 0 Å². The van der Waals surface area contributed by atoms with E-state index in [1.54, 1.807) is 5.54 Å². The molecule has 0 spiro atoms. The van der Waals surface area contributed by atoms with E-state index in [1.165, 1.54) is 5.57 Å². The van der Waals surface area contributed by atoms with E-state index in [0.717, 1.165) is 12.2 Å². The molecule has 0 aromatic carbocycles. The van der Waals surface area contributed by atoms with Crippen molar-refractivity contribution < 1.29 is 0 Å². The highest BCUT2D eigenvalue weighted by Crippen LogP contribution is 2.17. The molecule has 0 N–H and O–H groups in total. The van der Waals surface area contributed by atoms with Crippen molar-refractivity contribution in [3.63, 3.8) is 0 Å². The van der Waals surface area contributed by atoms with Crippen LogP contribution in [0.2, 0.25) is 0 Å². The summed E-state index contributed by atoms with van der Waals surface area (Å²) in [6.45, 7) is 0. The molecule has 0 aliphatic carbocycles. The minimum atomic E-state index is 0.951. The van der Waals surface area contributed by atoms with Crippen LogP contribution in [-0.2, 0) is 0 Å². The van der Waals surface area contributed by atoms with Crippen LogP contribution >= 0.6 is 23.4 Å². The molecule has 1 rings (SSSR count). The van der Waals surface area contributed by atoms with Gasteiger partial charge in [-0.15, -0.1) is 11.8 Å². The molecular formula is C8H9ClS. The van der Waals surface area contributed by atoms with Crippen LogP contribution in [0.1, 0.15) is 6.42 Å². The summed E-state index contributed by atoms with van der Waals surface area (Å²) in [6, 6.07) is 0. The van der Waals surface area contributed by atoms with Crippen LogP contribution in [0.4, 0.5) is 0 Å². The molecule has 0 saturated heterocycles. The first-order valence-electron chi connectivity index (χ1n) is 3.16. The lowest BCUT2D eigenvalue weighted by atomic mass is 10.2. The molecule has 0 saturated carbocycles. The highest BCUT2D eigenvalue weighted by Gasteiger charge is 1.93. The van der Waals surface area contributed by atoms with Gasteiger partial charge < -0.3 is 0 Å². The Morgan fingerprint density at radius 2 is 2.60 bits per heavy atom. The number of hydrogen-bond donors (Lipinski definition) is 0. The van der Waals surface area contributed by atoms with E-state index in [0.29, 0.717) is 0 Å². The highest BCUT2D eigenvalue weighted by molar-refractivity contribution is 8.02. The van der Waals surface area contributed by atoms with Crippen LogP contribution in [0, 0.1) is 0 Å². The fourth-order valence-corrected chi connectivity index (χ4v) is 1.53. The van der Waals surface area contributed by atoms with Gasteiger partial charge >= 0.3 is 0 Å². The highest BCUT2D eigenvalue weighted by atomic mass is 35.5. The zero-order valence-corrected chi connectivity index (χ0v) is 7.16. The monoisotopic (exact) mass is 172 g/mol. The molecule has 0 bridgehead atoms. The molecule has 0 amide bonds. The second-order valence-corrected chi connectivity index (χ2v) is 3.15. The molecule has 1 aliphatic rings. The normalized spacial score (nSPS) is 17.9. The first-order chi connectivity index (χ1) is 4.93. The van der Waals surface area contributed by atoms with E-state index < -0.39 is 0 Å². The Morgan fingerprint density at radius 3 is 3.20 bits per heavy atom. The van der Waals surface area contributed by atoms with Crippen LogP contribution < -0.4 is 0 Å². The second-order valence-electron chi connectivity index (χ2n) is 1.99. The van der Waals surface area contributed by atoms with Gasteiger partial charge in [-0.25, -0.2) is 0 Å². The van der Waals surface area contributed by atoms with Gasteiger partial charge in [0.05, 0.1) is 0 Å². The van der Waals surface area contributed by atoms with Crippen molar-refractivity contribution in [2.75, 3.05) is 5.75 Å². The number of allylic oxidation sites excluding steroid dienone is 3. The van der Waals surface area contributed by atoms with Gasteiger partial charge in [-0.2, -0.15) is 0 Å². The van der Waals surface area contributed by atoms with E-state index in [1.807, 2.05) is 17.8 Å².